The summed E-state index contributed by atoms with van der Waals surface area (Å²) in [6.45, 7) is 11.8. The molecule has 0 unspecified atom stereocenters. The number of carbonyl (C=O) groups is 2. The molecule has 0 heterocycles. The lowest BCUT2D eigenvalue weighted by Gasteiger charge is -2.11. The third-order valence-electron chi connectivity index (χ3n) is 7.77. The maximum absolute atomic E-state index is 12.4. The van der Waals surface area contributed by atoms with E-state index >= 15 is 0 Å². The molecular weight excluding hydrogens is 568 g/mol. The molecule has 0 bridgehead atoms. The minimum absolute atomic E-state index is 0.0243. The lowest BCUT2D eigenvalue weighted by Crippen LogP contribution is -2.07. The molecule has 5 nitrogen and oxygen atoms in total. The molecule has 224 valence electrons. The summed E-state index contributed by atoms with van der Waals surface area (Å²) in [6, 6.07) is 40.8. The van der Waals surface area contributed by atoms with Gasteiger partial charge >= 0.3 is 5.97 Å². The first-order valence-electron chi connectivity index (χ1n) is 15.1. The van der Waals surface area contributed by atoms with Crippen molar-refractivity contribution in [1.82, 2.24) is 0 Å². The number of fused-ring (bicyclic) bond motifs is 3. The minimum atomic E-state index is -0.366. The summed E-state index contributed by atoms with van der Waals surface area (Å²) in [7, 11) is 0. The molecule has 0 saturated heterocycles. The second kappa shape index (κ2) is 14.6. The Morgan fingerprint density at radius 2 is 1.30 bits per heavy atom. The van der Waals surface area contributed by atoms with Gasteiger partial charge in [0, 0.05) is 16.7 Å². The predicted molar refractivity (Wildman–Crippen MR) is 182 cm³/mol. The van der Waals surface area contributed by atoms with Crippen LogP contribution in [0.3, 0.4) is 0 Å². The summed E-state index contributed by atoms with van der Waals surface area (Å²) >= 11 is 0. The van der Waals surface area contributed by atoms with Crippen molar-refractivity contribution in [3.63, 3.8) is 0 Å². The number of allylic oxidation sites excluding steroid dienone is 1. The maximum atomic E-state index is 12.4. The lowest BCUT2D eigenvalue weighted by molar-refractivity contribution is 0.0499. The van der Waals surface area contributed by atoms with Crippen LogP contribution in [0.5, 0.6) is 0 Å². The van der Waals surface area contributed by atoms with E-state index in [1.807, 2.05) is 117 Å². The molecule has 5 aromatic rings. The summed E-state index contributed by atoms with van der Waals surface area (Å²) in [5.74, 6) is -0.390. The van der Waals surface area contributed by atoms with Crippen LogP contribution in [0, 0.1) is 24.8 Å². The van der Waals surface area contributed by atoms with E-state index in [2.05, 4.69) is 17.0 Å². The zero-order valence-corrected chi connectivity index (χ0v) is 25.8. The van der Waals surface area contributed by atoms with Gasteiger partial charge in [0.25, 0.3) is 5.70 Å². The lowest BCUT2D eigenvalue weighted by atomic mass is 9.94. The van der Waals surface area contributed by atoms with Crippen LogP contribution in [-0.2, 0) is 4.74 Å². The number of rotatable bonds is 7. The van der Waals surface area contributed by atoms with Crippen LogP contribution < -0.4 is 0 Å². The molecule has 1 aliphatic rings. The molecule has 1 aliphatic carbocycles. The molecule has 6 rings (SSSR count). The van der Waals surface area contributed by atoms with Crippen molar-refractivity contribution < 1.29 is 14.3 Å². The molecule has 0 radical (unpaired) electrons. The highest BCUT2D eigenvalue weighted by Gasteiger charge is 2.27. The smallest absolute Gasteiger partial charge is 0.338 e. The van der Waals surface area contributed by atoms with Crippen molar-refractivity contribution in [2.75, 3.05) is 6.61 Å². The molecule has 0 saturated carbocycles. The van der Waals surface area contributed by atoms with E-state index in [1.54, 1.807) is 12.1 Å². The van der Waals surface area contributed by atoms with E-state index < -0.39 is 0 Å². The highest BCUT2D eigenvalue weighted by Crippen LogP contribution is 2.37. The number of unbranched alkanes of at least 4 members (excludes halogenated alkanes) is 1. The Hall–Kier alpha value is -6.04. The van der Waals surface area contributed by atoms with Crippen LogP contribution in [0.1, 0.15) is 62.7 Å². The molecule has 5 aromatic carbocycles. The van der Waals surface area contributed by atoms with Crippen molar-refractivity contribution in [3.8, 4) is 28.3 Å². The second-order valence-electron chi connectivity index (χ2n) is 10.9. The molecular formula is C41H32N2O3. The number of hydrogen-bond acceptors (Lipinski definition) is 4. The maximum Gasteiger partial charge on any atom is 0.338 e. The van der Waals surface area contributed by atoms with Gasteiger partial charge in [0.15, 0.2) is 5.78 Å². The topological polar surface area (TPSA) is 71.5 Å². The fraction of sp³-hybridized carbons (Fsp3) is 0.122. The van der Waals surface area contributed by atoms with Crippen molar-refractivity contribution in [3.05, 3.63) is 172 Å². The Kier molecular flexibility index (Phi) is 9.98. The second-order valence-corrected chi connectivity index (χ2v) is 10.9. The summed E-state index contributed by atoms with van der Waals surface area (Å²) in [5.41, 5.74) is 9.47. The third kappa shape index (κ3) is 6.86. The first-order valence-corrected chi connectivity index (χ1v) is 15.1. The van der Waals surface area contributed by atoms with Crippen LogP contribution in [0.4, 0.5) is 0 Å². The van der Waals surface area contributed by atoms with Gasteiger partial charge in [0.1, 0.15) is 0 Å². The quantitative estimate of drug-likeness (QED) is 0.0791. The Morgan fingerprint density at radius 3 is 1.93 bits per heavy atom. The first-order chi connectivity index (χ1) is 22.4. The van der Waals surface area contributed by atoms with Crippen LogP contribution in [0.2, 0.25) is 0 Å². The van der Waals surface area contributed by atoms with Gasteiger partial charge in [-0.05, 0) is 58.9 Å². The summed E-state index contributed by atoms with van der Waals surface area (Å²) in [4.78, 5) is 27.8. The van der Waals surface area contributed by atoms with Gasteiger partial charge in [0.05, 0.1) is 24.8 Å². The van der Waals surface area contributed by atoms with Gasteiger partial charge in [0.2, 0.25) is 0 Å². The molecule has 0 aromatic heterocycles. The van der Waals surface area contributed by atoms with Crippen LogP contribution >= 0.6 is 0 Å². The summed E-state index contributed by atoms with van der Waals surface area (Å²) < 4.78 is 5.19. The number of ether oxygens (including phenoxy) is 1. The van der Waals surface area contributed by atoms with Crippen LogP contribution in [-0.4, -0.2) is 18.4 Å². The van der Waals surface area contributed by atoms with Crippen molar-refractivity contribution in [1.29, 1.82) is 5.26 Å². The predicted octanol–water partition coefficient (Wildman–Crippen LogP) is 9.72. The molecule has 46 heavy (non-hydrogen) atoms. The van der Waals surface area contributed by atoms with Gasteiger partial charge in [-0.25, -0.2) is 14.9 Å². The van der Waals surface area contributed by atoms with Crippen LogP contribution in [0.25, 0.3) is 32.7 Å². The highest BCUT2D eigenvalue weighted by atomic mass is 16.5. The Morgan fingerprint density at radius 1 is 0.739 bits per heavy atom. The molecule has 5 heteroatoms. The number of esters is 1. The van der Waals surface area contributed by atoms with E-state index in [0.29, 0.717) is 28.9 Å². The number of ketones is 1. The van der Waals surface area contributed by atoms with Crippen molar-refractivity contribution >= 4 is 17.3 Å². The fourth-order valence-corrected chi connectivity index (χ4v) is 5.30. The monoisotopic (exact) mass is 600 g/mol. The number of nitrogens with zero attached hydrogens (tertiary/aromatic N) is 2. The zero-order chi connectivity index (χ0) is 32.5. The average Bonchev–Trinajstić information content (AvgIpc) is 3.39. The molecule has 0 atom stereocenters. The first kappa shape index (κ1) is 31.4. The van der Waals surface area contributed by atoms with Crippen molar-refractivity contribution in [2.45, 2.75) is 26.7 Å². The van der Waals surface area contributed by atoms with Gasteiger partial charge in [-0.1, -0.05) is 128 Å². The van der Waals surface area contributed by atoms with Crippen LogP contribution in [0.15, 0.2) is 127 Å². The van der Waals surface area contributed by atoms with Gasteiger partial charge in [-0.15, -0.1) is 0 Å². The summed E-state index contributed by atoms with van der Waals surface area (Å²) in [5, 5.41) is 9.38. The molecule has 0 fully saturated rings. The van der Waals surface area contributed by atoms with Crippen molar-refractivity contribution in [2.24, 2.45) is 0 Å². The number of aryl methyl sites for hydroxylation is 1. The van der Waals surface area contributed by atoms with Gasteiger partial charge in [-0.2, -0.15) is 0 Å². The Balaban J connectivity index is 0.000000184. The van der Waals surface area contributed by atoms with E-state index in [4.69, 9.17) is 11.3 Å². The Bertz CT molecular complexity index is 1980. The van der Waals surface area contributed by atoms with E-state index in [-0.39, 0.29) is 17.4 Å². The average molecular weight is 601 g/mol. The highest BCUT2D eigenvalue weighted by molar-refractivity contribution is 6.22. The third-order valence-corrected chi connectivity index (χ3v) is 7.77. The normalized spacial score (nSPS) is 11.5. The summed E-state index contributed by atoms with van der Waals surface area (Å²) in [6.07, 6.45) is 1.83. The fourth-order valence-electron chi connectivity index (χ4n) is 5.30. The number of carbonyl (C=O) groups excluding carboxylic acids is 2. The molecule has 0 spiro atoms. The molecule has 0 amide bonds. The number of benzene rings is 5. The van der Waals surface area contributed by atoms with Gasteiger partial charge in [-0.3, -0.25) is 4.79 Å². The molecule has 0 N–H and O–H groups in total. The number of nitriles is 1. The van der Waals surface area contributed by atoms with Gasteiger partial charge < -0.3 is 4.74 Å². The standard InChI is InChI=1S/C23H16N2.C18H16O3/c1-17-8-10-20(11-9-17)23(22(16-24)25-2)21-14-12-19(13-15-21)18-6-4-3-5-7-18;1-2-3-10-21-18(20)12-8-9-14-13-6-4-5-7-15(13)17(19)16(14)11-12/h3-15H,1H3;4-9,11H,2-3,10H2,1H3/b23-22+;. The molecule has 0 aliphatic heterocycles. The van der Waals surface area contributed by atoms with E-state index in [0.717, 1.165) is 51.8 Å². The number of hydrogen-bond donors (Lipinski definition) is 0. The van der Waals surface area contributed by atoms with E-state index in [1.165, 1.54) is 0 Å². The van der Waals surface area contributed by atoms with E-state index in [9.17, 15) is 14.9 Å². The largest absolute Gasteiger partial charge is 0.462 e. The minimum Gasteiger partial charge on any atom is -0.462 e. The SMILES string of the molecule is CCCCOC(=O)c1ccc2c(c1)C(=O)c1ccccc1-2.[C-]#[N+]/C(C#N)=C(\c1ccc(C)cc1)c1ccc(-c2ccccc2)cc1. The Labute approximate surface area is 269 Å². The zero-order valence-electron chi connectivity index (χ0n) is 25.8.